The van der Waals surface area contributed by atoms with Gasteiger partial charge in [0.1, 0.15) is 11.4 Å². The zero-order valence-corrected chi connectivity index (χ0v) is 19.7. The normalized spacial score (nSPS) is 15.6. The van der Waals surface area contributed by atoms with Gasteiger partial charge >= 0.3 is 6.09 Å². The average Bonchev–Trinajstić information content (AvgIpc) is 2.98. The summed E-state index contributed by atoms with van der Waals surface area (Å²) < 4.78 is 20.6. The van der Waals surface area contributed by atoms with Crippen molar-refractivity contribution in [1.29, 1.82) is 0 Å². The van der Waals surface area contributed by atoms with E-state index in [1.807, 2.05) is 40.7 Å². The van der Waals surface area contributed by atoms with Crippen molar-refractivity contribution in [2.24, 2.45) is 0 Å². The van der Waals surface area contributed by atoms with E-state index in [0.29, 0.717) is 13.1 Å². The number of nitrogens with zero attached hydrogens (tertiary/aromatic N) is 2. The Morgan fingerprint density at radius 3 is 2.34 bits per heavy atom. The van der Waals surface area contributed by atoms with Crippen molar-refractivity contribution in [3.05, 3.63) is 58.7 Å². The zero-order valence-electron chi connectivity index (χ0n) is 19.7. The molecule has 1 aromatic carbocycles. The van der Waals surface area contributed by atoms with Crippen LogP contribution in [-0.2, 0) is 11.3 Å². The van der Waals surface area contributed by atoms with Crippen molar-refractivity contribution >= 4 is 11.9 Å². The summed E-state index contributed by atoms with van der Waals surface area (Å²) in [7, 11) is 0. The summed E-state index contributed by atoms with van der Waals surface area (Å²) in [5.74, 6) is -0.155. The number of halogens is 1. The summed E-state index contributed by atoms with van der Waals surface area (Å²) >= 11 is 0. The molecular weight excluding hydrogens is 409 g/mol. The number of alkyl carbamates (subject to hydrolysis) is 1. The standard InChI is InChI=1S/C25H34FN3O3/c1-17-14-22(18(2)29(17)15-19-6-8-20(26)9-7-19)23(30)16-28-12-10-21(11-13-28)27-24(31)32-25(3,4)5/h6-9,14,21H,10-13,15-16H2,1-5H3,(H,27,31). The lowest BCUT2D eigenvalue weighted by molar-refractivity contribution is 0.0476. The van der Waals surface area contributed by atoms with Gasteiger partial charge in [-0.2, -0.15) is 0 Å². The van der Waals surface area contributed by atoms with E-state index in [4.69, 9.17) is 4.74 Å². The largest absolute Gasteiger partial charge is 0.444 e. The Morgan fingerprint density at radius 2 is 1.75 bits per heavy atom. The number of nitrogens with one attached hydrogen (secondary N) is 1. The lowest BCUT2D eigenvalue weighted by Crippen LogP contribution is -2.47. The van der Waals surface area contributed by atoms with Gasteiger partial charge in [0.15, 0.2) is 5.78 Å². The van der Waals surface area contributed by atoms with Crippen LogP contribution in [0.3, 0.4) is 0 Å². The number of aryl methyl sites for hydroxylation is 1. The maximum atomic E-state index is 13.2. The Labute approximate surface area is 189 Å². The number of amides is 1. The third-order valence-corrected chi connectivity index (χ3v) is 5.80. The number of likely N-dealkylation sites (tertiary alicyclic amines) is 1. The van der Waals surface area contributed by atoms with Crippen LogP contribution in [0.5, 0.6) is 0 Å². The van der Waals surface area contributed by atoms with E-state index in [2.05, 4.69) is 14.8 Å². The molecule has 0 aliphatic carbocycles. The molecule has 1 aliphatic heterocycles. The van der Waals surface area contributed by atoms with Crippen LogP contribution in [0, 0.1) is 19.7 Å². The highest BCUT2D eigenvalue weighted by Gasteiger charge is 2.25. The fourth-order valence-electron chi connectivity index (χ4n) is 4.10. The van der Waals surface area contributed by atoms with Crippen LogP contribution in [0.1, 0.15) is 60.9 Å². The second-order valence-electron chi connectivity index (χ2n) is 9.62. The number of aromatic nitrogens is 1. The van der Waals surface area contributed by atoms with Gasteiger partial charge < -0.3 is 14.6 Å². The number of Topliss-reactive ketones (excluding diaryl/α,β-unsaturated/α-hetero) is 1. The number of hydrogen-bond donors (Lipinski definition) is 1. The van der Waals surface area contributed by atoms with Gasteiger partial charge in [0.05, 0.1) is 6.54 Å². The van der Waals surface area contributed by atoms with Crippen molar-refractivity contribution in [2.75, 3.05) is 19.6 Å². The molecule has 32 heavy (non-hydrogen) atoms. The molecule has 1 aromatic heterocycles. The summed E-state index contributed by atoms with van der Waals surface area (Å²) in [5, 5.41) is 2.93. The van der Waals surface area contributed by atoms with Gasteiger partial charge in [-0.1, -0.05) is 12.1 Å². The van der Waals surface area contributed by atoms with Crippen molar-refractivity contribution in [2.45, 2.75) is 65.6 Å². The first kappa shape index (κ1) is 24.0. The molecule has 1 saturated heterocycles. The van der Waals surface area contributed by atoms with Gasteiger partial charge in [-0.15, -0.1) is 0 Å². The lowest BCUT2D eigenvalue weighted by Gasteiger charge is -2.32. The molecule has 0 unspecified atom stereocenters. The summed E-state index contributed by atoms with van der Waals surface area (Å²) in [6.07, 6.45) is 1.19. The van der Waals surface area contributed by atoms with Crippen molar-refractivity contribution in [3.63, 3.8) is 0 Å². The van der Waals surface area contributed by atoms with Gasteiger partial charge in [-0.3, -0.25) is 9.69 Å². The minimum Gasteiger partial charge on any atom is -0.444 e. The molecule has 1 fully saturated rings. The zero-order chi connectivity index (χ0) is 23.5. The Morgan fingerprint density at radius 1 is 1.12 bits per heavy atom. The van der Waals surface area contributed by atoms with E-state index in [9.17, 15) is 14.0 Å². The number of rotatable bonds is 6. The van der Waals surface area contributed by atoms with Crippen molar-refractivity contribution < 1.29 is 18.7 Å². The molecule has 2 heterocycles. The first-order chi connectivity index (χ1) is 15.0. The molecule has 1 N–H and O–H groups in total. The highest BCUT2D eigenvalue weighted by molar-refractivity contribution is 5.99. The first-order valence-corrected chi connectivity index (χ1v) is 11.2. The third kappa shape index (κ3) is 6.42. The van der Waals surface area contributed by atoms with E-state index in [-0.39, 0.29) is 23.7 Å². The predicted molar refractivity (Wildman–Crippen MR) is 123 cm³/mol. The Kier molecular flexibility index (Phi) is 7.39. The summed E-state index contributed by atoms with van der Waals surface area (Å²) in [6.45, 7) is 11.9. The van der Waals surface area contributed by atoms with Crippen LogP contribution < -0.4 is 5.32 Å². The number of ketones is 1. The molecule has 0 bridgehead atoms. The smallest absolute Gasteiger partial charge is 0.407 e. The van der Waals surface area contributed by atoms with E-state index in [1.165, 1.54) is 12.1 Å². The Balaban J connectivity index is 1.54. The van der Waals surface area contributed by atoms with E-state index in [1.54, 1.807) is 12.1 Å². The average molecular weight is 444 g/mol. The van der Waals surface area contributed by atoms with Crippen molar-refractivity contribution in [1.82, 2.24) is 14.8 Å². The highest BCUT2D eigenvalue weighted by atomic mass is 19.1. The minimum atomic E-state index is -0.514. The number of carbonyl (C=O) groups excluding carboxylic acids is 2. The van der Waals surface area contributed by atoms with Crippen molar-refractivity contribution in [3.8, 4) is 0 Å². The Hall–Kier alpha value is -2.67. The van der Waals surface area contributed by atoms with Gasteiger partial charge in [0.25, 0.3) is 0 Å². The number of hydrogen-bond acceptors (Lipinski definition) is 4. The molecule has 6 nitrogen and oxygen atoms in total. The molecule has 7 heteroatoms. The molecule has 0 radical (unpaired) electrons. The van der Waals surface area contributed by atoms with E-state index in [0.717, 1.165) is 48.4 Å². The highest BCUT2D eigenvalue weighted by Crippen LogP contribution is 2.20. The SMILES string of the molecule is Cc1cc(C(=O)CN2CCC(NC(=O)OC(C)(C)C)CC2)c(C)n1Cc1ccc(F)cc1. The topological polar surface area (TPSA) is 63.6 Å². The van der Waals surface area contributed by atoms with Gasteiger partial charge in [0.2, 0.25) is 0 Å². The van der Waals surface area contributed by atoms with Crippen LogP contribution in [-0.4, -0.2) is 52.6 Å². The summed E-state index contributed by atoms with van der Waals surface area (Å²) in [4.78, 5) is 27.1. The van der Waals surface area contributed by atoms with Crippen LogP contribution in [0.2, 0.25) is 0 Å². The monoisotopic (exact) mass is 443 g/mol. The molecule has 2 aromatic rings. The molecule has 0 atom stereocenters. The summed E-state index contributed by atoms with van der Waals surface area (Å²) in [5.41, 5.74) is 3.15. The molecule has 0 saturated carbocycles. The predicted octanol–water partition coefficient (Wildman–Crippen LogP) is 4.46. The maximum Gasteiger partial charge on any atom is 0.407 e. The Bertz CT molecular complexity index is 952. The summed E-state index contributed by atoms with van der Waals surface area (Å²) in [6, 6.07) is 8.46. The van der Waals surface area contributed by atoms with Gasteiger partial charge in [-0.25, -0.2) is 9.18 Å². The first-order valence-electron chi connectivity index (χ1n) is 11.2. The van der Waals surface area contributed by atoms with Gasteiger partial charge in [0, 0.05) is 42.6 Å². The molecule has 1 aliphatic rings. The van der Waals surface area contributed by atoms with E-state index >= 15 is 0 Å². The molecule has 1 amide bonds. The lowest BCUT2D eigenvalue weighted by atomic mass is 10.0. The van der Waals surface area contributed by atoms with Crippen LogP contribution in [0.4, 0.5) is 9.18 Å². The quantitative estimate of drug-likeness (QED) is 0.670. The number of carbonyl (C=O) groups is 2. The second-order valence-corrected chi connectivity index (χ2v) is 9.62. The maximum absolute atomic E-state index is 13.2. The van der Waals surface area contributed by atoms with Crippen LogP contribution in [0.25, 0.3) is 0 Å². The third-order valence-electron chi connectivity index (χ3n) is 5.80. The van der Waals surface area contributed by atoms with Gasteiger partial charge in [-0.05, 0) is 71.2 Å². The number of ether oxygens (including phenoxy) is 1. The second kappa shape index (κ2) is 9.86. The van der Waals surface area contributed by atoms with E-state index < -0.39 is 5.60 Å². The number of benzene rings is 1. The van der Waals surface area contributed by atoms with Crippen LogP contribution in [0.15, 0.2) is 30.3 Å². The number of piperidine rings is 1. The molecule has 0 spiro atoms. The minimum absolute atomic E-state index is 0.0666. The molecule has 3 rings (SSSR count). The fourth-order valence-corrected chi connectivity index (χ4v) is 4.10. The molecular formula is C25H34FN3O3. The fraction of sp³-hybridized carbons (Fsp3) is 0.520. The van der Waals surface area contributed by atoms with Crippen LogP contribution >= 0.6 is 0 Å². The molecule has 174 valence electrons.